The fourth-order valence-corrected chi connectivity index (χ4v) is 2.48. The van der Waals surface area contributed by atoms with Gasteiger partial charge in [-0.15, -0.1) is 0 Å². The predicted molar refractivity (Wildman–Crippen MR) is 71.5 cm³/mol. The summed E-state index contributed by atoms with van der Waals surface area (Å²) in [6.07, 6.45) is 2.00. The van der Waals surface area contributed by atoms with Gasteiger partial charge in [-0.1, -0.05) is 29.8 Å². The van der Waals surface area contributed by atoms with Crippen LogP contribution in [-0.2, 0) is 11.3 Å². The second-order valence-corrected chi connectivity index (χ2v) is 5.07. The Labute approximate surface area is 108 Å². The molecule has 1 aromatic carbocycles. The number of nitrogens with two attached hydrogens (primary N) is 1. The van der Waals surface area contributed by atoms with Crippen LogP contribution in [0.15, 0.2) is 24.3 Å². The van der Waals surface area contributed by atoms with Crippen molar-refractivity contribution in [3.63, 3.8) is 0 Å². The average Bonchev–Trinajstić information content (AvgIpc) is 2.41. The molecule has 0 unspecified atom stereocenters. The molecule has 1 fully saturated rings. The molecule has 0 aromatic heterocycles. The van der Waals surface area contributed by atoms with Crippen molar-refractivity contribution < 1.29 is 4.79 Å². The number of nitrogens with one attached hydrogen (secondary N) is 1. The van der Waals surface area contributed by atoms with Gasteiger partial charge in [0.25, 0.3) is 0 Å². The monoisotopic (exact) mass is 247 g/mol. The number of carbonyl (C=O) groups is 1. The first-order chi connectivity index (χ1) is 8.69. The van der Waals surface area contributed by atoms with E-state index in [1.165, 1.54) is 11.1 Å². The summed E-state index contributed by atoms with van der Waals surface area (Å²) >= 11 is 0. The van der Waals surface area contributed by atoms with Crippen LogP contribution in [0.4, 0.5) is 0 Å². The van der Waals surface area contributed by atoms with E-state index in [0.29, 0.717) is 0 Å². The Morgan fingerprint density at radius 3 is 2.83 bits per heavy atom. The van der Waals surface area contributed by atoms with Crippen molar-refractivity contribution in [1.82, 2.24) is 10.3 Å². The molecule has 98 valence electrons. The van der Waals surface area contributed by atoms with Crippen molar-refractivity contribution >= 4 is 5.91 Å². The van der Waals surface area contributed by atoms with E-state index in [1.807, 2.05) is 0 Å². The van der Waals surface area contributed by atoms with E-state index in [-0.39, 0.29) is 11.8 Å². The Morgan fingerprint density at radius 1 is 1.44 bits per heavy atom. The maximum Gasteiger partial charge on any atom is 0.238 e. The first-order valence-electron chi connectivity index (χ1n) is 6.47. The van der Waals surface area contributed by atoms with Gasteiger partial charge in [-0.05, 0) is 31.9 Å². The van der Waals surface area contributed by atoms with Crippen LogP contribution in [0, 0.1) is 12.8 Å². The second-order valence-electron chi connectivity index (χ2n) is 5.07. The van der Waals surface area contributed by atoms with Crippen LogP contribution in [-0.4, -0.2) is 23.9 Å². The molecular formula is C14H21N3O. The van der Waals surface area contributed by atoms with Crippen molar-refractivity contribution in [2.75, 3.05) is 13.1 Å². The van der Waals surface area contributed by atoms with Gasteiger partial charge in [-0.2, -0.15) is 0 Å². The Hall–Kier alpha value is -1.39. The van der Waals surface area contributed by atoms with Crippen LogP contribution < -0.4 is 11.3 Å². The van der Waals surface area contributed by atoms with E-state index in [2.05, 4.69) is 41.5 Å². The third-order valence-corrected chi connectivity index (χ3v) is 3.55. The largest absolute Gasteiger partial charge is 0.298 e. The maximum absolute atomic E-state index is 11.5. The predicted octanol–water partition coefficient (Wildman–Crippen LogP) is 1.20. The summed E-state index contributed by atoms with van der Waals surface area (Å²) in [5.41, 5.74) is 4.84. The summed E-state index contributed by atoms with van der Waals surface area (Å²) in [5, 5.41) is 0. The molecule has 1 saturated heterocycles. The first kappa shape index (κ1) is 13.1. The van der Waals surface area contributed by atoms with Crippen LogP contribution in [0.2, 0.25) is 0 Å². The lowest BCUT2D eigenvalue weighted by Crippen LogP contribution is -2.44. The maximum atomic E-state index is 11.5. The number of hydrogen-bond acceptors (Lipinski definition) is 3. The van der Waals surface area contributed by atoms with E-state index < -0.39 is 0 Å². The van der Waals surface area contributed by atoms with E-state index in [9.17, 15) is 4.79 Å². The molecule has 1 aromatic rings. The molecule has 3 N–H and O–H groups in total. The highest BCUT2D eigenvalue weighted by atomic mass is 16.2. The van der Waals surface area contributed by atoms with Gasteiger partial charge in [0, 0.05) is 13.1 Å². The lowest BCUT2D eigenvalue weighted by molar-refractivity contribution is -0.126. The van der Waals surface area contributed by atoms with E-state index in [4.69, 9.17) is 5.84 Å². The fraction of sp³-hybridized carbons (Fsp3) is 0.500. The van der Waals surface area contributed by atoms with E-state index >= 15 is 0 Å². The van der Waals surface area contributed by atoms with Gasteiger partial charge in [0.2, 0.25) is 5.91 Å². The second kappa shape index (κ2) is 5.98. The number of rotatable bonds is 3. The smallest absolute Gasteiger partial charge is 0.238 e. The van der Waals surface area contributed by atoms with Crippen molar-refractivity contribution in [2.45, 2.75) is 26.3 Å². The summed E-state index contributed by atoms with van der Waals surface area (Å²) < 4.78 is 0. The molecule has 0 radical (unpaired) electrons. The third kappa shape index (κ3) is 3.31. The van der Waals surface area contributed by atoms with Crippen molar-refractivity contribution in [1.29, 1.82) is 0 Å². The quantitative estimate of drug-likeness (QED) is 0.479. The number of nitrogens with zero attached hydrogens (tertiary/aromatic N) is 1. The lowest BCUT2D eigenvalue weighted by Gasteiger charge is -2.31. The Bertz CT molecular complexity index is 402. The van der Waals surface area contributed by atoms with Crippen LogP contribution in [0.25, 0.3) is 0 Å². The molecule has 4 nitrogen and oxygen atoms in total. The topological polar surface area (TPSA) is 58.4 Å². The highest BCUT2D eigenvalue weighted by Gasteiger charge is 2.24. The third-order valence-electron chi connectivity index (χ3n) is 3.55. The number of carbonyl (C=O) groups excluding carboxylic acids is 1. The number of amides is 1. The number of aryl methyl sites for hydroxylation is 1. The molecular weight excluding hydrogens is 226 g/mol. The molecule has 18 heavy (non-hydrogen) atoms. The molecule has 1 aliphatic heterocycles. The molecule has 0 spiro atoms. The number of likely N-dealkylation sites (tertiary alicyclic amines) is 1. The molecule has 0 saturated carbocycles. The number of piperidine rings is 1. The molecule has 1 heterocycles. The Kier molecular flexibility index (Phi) is 4.33. The van der Waals surface area contributed by atoms with E-state index in [1.54, 1.807) is 0 Å². The SMILES string of the molecule is Cc1ccc(CN2CCC[C@H](C(=O)NN)C2)cc1. The van der Waals surface area contributed by atoms with Crippen molar-refractivity contribution in [3.05, 3.63) is 35.4 Å². The van der Waals surface area contributed by atoms with Gasteiger partial charge < -0.3 is 0 Å². The Balaban J connectivity index is 1.93. The minimum atomic E-state index is -0.0383. The zero-order chi connectivity index (χ0) is 13.0. The van der Waals surface area contributed by atoms with Crippen LogP contribution in [0.1, 0.15) is 24.0 Å². The number of hydrazine groups is 1. The molecule has 2 rings (SSSR count). The molecule has 0 bridgehead atoms. The number of benzene rings is 1. The van der Waals surface area contributed by atoms with Crippen LogP contribution in [0.5, 0.6) is 0 Å². The fourth-order valence-electron chi connectivity index (χ4n) is 2.48. The standard InChI is InChI=1S/C14H21N3O/c1-11-4-6-12(7-5-11)9-17-8-2-3-13(10-17)14(18)16-15/h4-7,13H,2-3,8-10,15H2,1H3,(H,16,18)/t13-/m0/s1. The minimum absolute atomic E-state index is 0.0363. The molecule has 1 atom stereocenters. The molecule has 1 aliphatic rings. The van der Waals surface area contributed by atoms with E-state index in [0.717, 1.165) is 32.5 Å². The summed E-state index contributed by atoms with van der Waals surface area (Å²) in [4.78, 5) is 13.9. The summed E-state index contributed by atoms with van der Waals surface area (Å²) in [6.45, 7) is 4.86. The molecule has 1 amide bonds. The average molecular weight is 247 g/mol. The zero-order valence-corrected chi connectivity index (χ0v) is 10.9. The minimum Gasteiger partial charge on any atom is -0.298 e. The lowest BCUT2D eigenvalue weighted by atomic mass is 9.97. The highest BCUT2D eigenvalue weighted by molar-refractivity contribution is 5.78. The van der Waals surface area contributed by atoms with Gasteiger partial charge in [-0.25, -0.2) is 5.84 Å². The number of hydrogen-bond donors (Lipinski definition) is 2. The Morgan fingerprint density at radius 2 is 2.17 bits per heavy atom. The zero-order valence-electron chi connectivity index (χ0n) is 10.9. The molecule has 0 aliphatic carbocycles. The summed E-state index contributed by atoms with van der Waals surface area (Å²) in [6, 6.07) is 8.57. The summed E-state index contributed by atoms with van der Waals surface area (Å²) in [5.74, 6) is 5.20. The van der Waals surface area contributed by atoms with Gasteiger partial charge in [0.05, 0.1) is 5.92 Å². The van der Waals surface area contributed by atoms with Gasteiger partial charge in [0.15, 0.2) is 0 Å². The first-order valence-corrected chi connectivity index (χ1v) is 6.47. The molecule has 4 heteroatoms. The summed E-state index contributed by atoms with van der Waals surface area (Å²) in [7, 11) is 0. The normalized spacial score (nSPS) is 20.7. The van der Waals surface area contributed by atoms with Crippen LogP contribution >= 0.6 is 0 Å². The van der Waals surface area contributed by atoms with Gasteiger partial charge in [-0.3, -0.25) is 15.1 Å². The van der Waals surface area contributed by atoms with Gasteiger partial charge >= 0.3 is 0 Å². The van der Waals surface area contributed by atoms with Crippen molar-refractivity contribution in [2.24, 2.45) is 11.8 Å². The van der Waals surface area contributed by atoms with Crippen molar-refractivity contribution in [3.8, 4) is 0 Å². The highest BCUT2D eigenvalue weighted by Crippen LogP contribution is 2.18. The van der Waals surface area contributed by atoms with Crippen LogP contribution in [0.3, 0.4) is 0 Å². The van der Waals surface area contributed by atoms with Gasteiger partial charge in [0.1, 0.15) is 0 Å².